The van der Waals surface area contributed by atoms with E-state index < -0.39 is 0 Å². The number of aromatic nitrogens is 3. The molecule has 33 heavy (non-hydrogen) atoms. The van der Waals surface area contributed by atoms with Gasteiger partial charge in [-0.2, -0.15) is 11.8 Å². The first kappa shape index (κ1) is 18.9. The molecule has 1 atom stereocenters. The minimum Gasteiger partial charge on any atom is -0.454 e. The average Bonchev–Trinajstić information content (AvgIpc) is 3.61. The molecule has 1 aromatic heterocycles. The lowest BCUT2D eigenvalue weighted by Gasteiger charge is -2.14. The van der Waals surface area contributed by atoms with E-state index in [0.29, 0.717) is 5.25 Å². The second-order valence-electron chi connectivity index (χ2n) is 8.83. The molecule has 0 N–H and O–H groups in total. The van der Waals surface area contributed by atoms with E-state index in [-0.39, 0.29) is 0 Å². The first-order chi connectivity index (χ1) is 16.2. The lowest BCUT2D eigenvalue weighted by atomic mass is 10.1. The van der Waals surface area contributed by atoms with Crippen LogP contribution >= 0.6 is 11.8 Å². The highest BCUT2D eigenvalue weighted by Crippen LogP contribution is 2.47. The van der Waals surface area contributed by atoms with E-state index in [0.717, 1.165) is 50.7 Å². The fraction of sp³-hybridized carbons (Fsp3) is 0.143. The normalized spacial score (nSPS) is 15.9. The Kier molecular flexibility index (Phi) is 4.00. The van der Waals surface area contributed by atoms with Crippen LogP contribution in [0.5, 0.6) is 11.5 Å². The van der Waals surface area contributed by atoms with Crippen molar-refractivity contribution in [3.05, 3.63) is 89.5 Å². The quantitative estimate of drug-likeness (QED) is 0.262. The number of benzene rings is 4. The summed E-state index contributed by atoms with van der Waals surface area (Å²) >= 11 is 1.99. The molecule has 1 unspecified atom stereocenters. The second-order valence-corrected chi connectivity index (χ2v) is 10.1. The molecule has 0 aliphatic carbocycles. The molecule has 0 saturated carbocycles. The molecule has 0 spiro atoms. The molecule has 5 aromatic rings. The molecule has 1 saturated heterocycles. The number of fused-ring (bicyclic) bond motifs is 6. The number of hydrogen-bond donors (Lipinski definition) is 0. The van der Waals surface area contributed by atoms with E-state index in [1.165, 1.54) is 22.4 Å². The summed E-state index contributed by atoms with van der Waals surface area (Å²) in [7, 11) is 0. The van der Waals surface area contributed by atoms with Crippen LogP contribution in [0.4, 0.5) is 0 Å². The first-order valence-corrected chi connectivity index (χ1v) is 12.2. The number of nitrogens with zero attached hydrogens (tertiary/aromatic N) is 3. The van der Waals surface area contributed by atoms with E-state index in [2.05, 4.69) is 96.3 Å². The van der Waals surface area contributed by atoms with E-state index in [1.54, 1.807) is 0 Å². The fourth-order valence-corrected chi connectivity index (χ4v) is 5.23. The van der Waals surface area contributed by atoms with Crippen LogP contribution in [0.15, 0.2) is 72.8 Å². The third-order valence-corrected chi connectivity index (χ3v) is 7.60. The van der Waals surface area contributed by atoms with Crippen LogP contribution in [0.2, 0.25) is 0 Å². The molecule has 3 heterocycles. The average molecular weight is 448 g/mol. The first-order valence-electron chi connectivity index (χ1n) is 11.2. The van der Waals surface area contributed by atoms with Crippen molar-refractivity contribution in [2.24, 2.45) is 0 Å². The van der Waals surface area contributed by atoms with Gasteiger partial charge in [0.15, 0.2) is 17.4 Å². The lowest BCUT2D eigenvalue weighted by molar-refractivity contribution is 0.485. The van der Waals surface area contributed by atoms with Crippen LogP contribution in [0.3, 0.4) is 0 Å². The Morgan fingerprint density at radius 3 is 2.27 bits per heavy atom. The third kappa shape index (κ3) is 3.00. The van der Waals surface area contributed by atoms with Gasteiger partial charge in [-0.3, -0.25) is 4.57 Å². The second kappa shape index (κ2) is 6.96. The highest BCUT2D eigenvalue weighted by molar-refractivity contribution is 8.06. The number of aryl methyl sites for hydroxylation is 2. The minimum absolute atomic E-state index is 0.648. The van der Waals surface area contributed by atoms with Crippen LogP contribution < -0.4 is 4.74 Å². The molecule has 160 valence electrons. The van der Waals surface area contributed by atoms with Crippen molar-refractivity contribution in [1.82, 2.24) is 14.8 Å². The van der Waals surface area contributed by atoms with E-state index >= 15 is 0 Å². The summed E-state index contributed by atoms with van der Waals surface area (Å²) in [6, 6.07) is 25.7. The SMILES string of the molecule is Cc1cc2c(cc1C)-n1c(-c3ccc(C4CS4)cc3)nnc1-c1cc3ccccc3cc1O2. The maximum atomic E-state index is 6.55. The van der Waals surface area contributed by atoms with E-state index in [1.807, 2.05) is 11.8 Å². The zero-order valence-electron chi connectivity index (χ0n) is 18.4. The standard InChI is InChI=1S/C28H21N3OS/c1-16-11-23-25(12-17(16)2)32-24-14-21-6-4-3-5-20(21)13-22(24)28-30-29-27(31(23)28)19-9-7-18(8-10-19)26-15-33-26/h3-14,26H,15H2,1-2H3. The smallest absolute Gasteiger partial charge is 0.172 e. The Hall–Kier alpha value is -3.57. The van der Waals surface area contributed by atoms with Gasteiger partial charge in [-0.05, 0) is 65.6 Å². The van der Waals surface area contributed by atoms with Gasteiger partial charge in [0.2, 0.25) is 0 Å². The van der Waals surface area contributed by atoms with Gasteiger partial charge in [0.05, 0.1) is 11.3 Å². The van der Waals surface area contributed by atoms with Crippen molar-refractivity contribution < 1.29 is 4.74 Å². The predicted molar refractivity (Wildman–Crippen MR) is 134 cm³/mol. The molecule has 7 rings (SSSR count). The van der Waals surface area contributed by atoms with Crippen molar-refractivity contribution in [2.45, 2.75) is 19.1 Å². The number of rotatable bonds is 2. The highest BCUT2D eigenvalue weighted by Gasteiger charge is 2.28. The number of ether oxygens (including phenoxy) is 1. The van der Waals surface area contributed by atoms with Crippen molar-refractivity contribution in [3.8, 4) is 40.0 Å². The maximum absolute atomic E-state index is 6.55. The van der Waals surface area contributed by atoms with Crippen molar-refractivity contribution in [2.75, 3.05) is 5.75 Å². The van der Waals surface area contributed by atoms with Gasteiger partial charge >= 0.3 is 0 Å². The summed E-state index contributed by atoms with van der Waals surface area (Å²) in [5, 5.41) is 12.3. The van der Waals surface area contributed by atoms with Crippen LogP contribution in [-0.4, -0.2) is 20.5 Å². The maximum Gasteiger partial charge on any atom is 0.172 e. The monoisotopic (exact) mass is 447 g/mol. The topological polar surface area (TPSA) is 39.9 Å². The molecule has 2 aliphatic rings. The van der Waals surface area contributed by atoms with Crippen LogP contribution in [0.25, 0.3) is 39.2 Å². The molecule has 0 bridgehead atoms. The molecule has 5 heteroatoms. The van der Waals surface area contributed by atoms with Gasteiger partial charge in [-0.25, -0.2) is 0 Å². The van der Waals surface area contributed by atoms with Gasteiger partial charge in [0.1, 0.15) is 5.75 Å². The van der Waals surface area contributed by atoms with Crippen LogP contribution in [0.1, 0.15) is 21.9 Å². The molecule has 4 aromatic carbocycles. The lowest BCUT2D eigenvalue weighted by Crippen LogP contribution is -2.01. The molecular formula is C28H21N3OS. The van der Waals surface area contributed by atoms with Crippen LogP contribution in [0, 0.1) is 13.8 Å². The molecule has 2 aliphatic heterocycles. The van der Waals surface area contributed by atoms with Gasteiger partial charge < -0.3 is 4.74 Å². The Balaban J connectivity index is 1.51. The van der Waals surface area contributed by atoms with Crippen molar-refractivity contribution in [3.63, 3.8) is 0 Å². The van der Waals surface area contributed by atoms with Crippen LogP contribution in [-0.2, 0) is 0 Å². The van der Waals surface area contributed by atoms with Gasteiger partial charge in [-0.15, -0.1) is 10.2 Å². The zero-order valence-corrected chi connectivity index (χ0v) is 19.2. The third-order valence-electron chi connectivity index (χ3n) is 6.66. The largest absolute Gasteiger partial charge is 0.454 e. The Bertz CT molecular complexity index is 1560. The Morgan fingerprint density at radius 2 is 1.52 bits per heavy atom. The van der Waals surface area contributed by atoms with E-state index in [4.69, 9.17) is 9.84 Å². The van der Waals surface area contributed by atoms with Crippen molar-refractivity contribution >= 4 is 22.5 Å². The predicted octanol–water partition coefficient (Wildman–Crippen LogP) is 7.26. The van der Waals surface area contributed by atoms with E-state index in [9.17, 15) is 0 Å². The summed E-state index contributed by atoms with van der Waals surface area (Å²) in [5.41, 5.74) is 6.75. The molecular weight excluding hydrogens is 426 g/mol. The molecule has 1 fully saturated rings. The fourth-order valence-electron chi connectivity index (χ4n) is 4.59. The number of hydrogen-bond acceptors (Lipinski definition) is 4. The summed E-state index contributed by atoms with van der Waals surface area (Å²) in [5.74, 6) is 4.47. The summed E-state index contributed by atoms with van der Waals surface area (Å²) < 4.78 is 8.70. The highest BCUT2D eigenvalue weighted by atomic mass is 32.2. The Morgan fingerprint density at radius 1 is 0.818 bits per heavy atom. The number of thioether (sulfide) groups is 1. The Labute approximate surface area is 196 Å². The van der Waals surface area contributed by atoms with Gasteiger partial charge in [-0.1, -0.05) is 48.5 Å². The summed E-state index contributed by atoms with van der Waals surface area (Å²) in [6.45, 7) is 4.25. The minimum atomic E-state index is 0.648. The zero-order chi connectivity index (χ0) is 22.1. The molecule has 4 nitrogen and oxygen atoms in total. The molecule has 0 radical (unpaired) electrons. The summed E-state index contributed by atoms with van der Waals surface area (Å²) in [6.07, 6.45) is 0. The summed E-state index contributed by atoms with van der Waals surface area (Å²) in [4.78, 5) is 0. The molecule has 0 amide bonds. The van der Waals surface area contributed by atoms with Gasteiger partial charge in [0, 0.05) is 16.6 Å². The van der Waals surface area contributed by atoms with Crippen molar-refractivity contribution in [1.29, 1.82) is 0 Å². The van der Waals surface area contributed by atoms with Gasteiger partial charge in [0.25, 0.3) is 0 Å².